The number of carbonyl (C=O) groups is 3. The smallest absolute Gasteiger partial charge is 0.416 e. The molecule has 0 aliphatic carbocycles. The van der Waals surface area contributed by atoms with Gasteiger partial charge in [-0.1, -0.05) is 50.1 Å². The van der Waals surface area contributed by atoms with Crippen LogP contribution in [0.3, 0.4) is 0 Å². The fraction of sp³-hybridized carbons (Fsp3) is 0.542. The van der Waals surface area contributed by atoms with Gasteiger partial charge in [-0.15, -0.1) is 0 Å². The summed E-state index contributed by atoms with van der Waals surface area (Å²) in [4.78, 5) is 39.4. The number of nitrogens with zero attached hydrogens (tertiary/aromatic N) is 1. The summed E-state index contributed by atoms with van der Waals surface area (Å²) in [6.45, 7) is 1.71. The SMILES string of the molecule is C[C@H](C(=O)N1C(=O)OC[C@H]1Cc1ccccc1)C1OC(O)(CCCCCCO)C(Br)=CC1=O. The van der Waals surface area contributed by atoms with Gasteiger partial charge in [-0.05, 0) is 46.8 Å². The standard InChI is InChI=1S/C24H30BrNO7/c1-16(21-19(28)14-20(25)24(31,33-21)11-7-2-3-8-12-27)22(29)26-18(15-32-23(26)30)13-17-9-5-4-6-10-17/h4-6,9-10,14,16,18,21,27,31H,2-3,7-8,11-13,15H2,1H3/t16-,18+,21?,24?/m0/s1. The lowest BCUT2D eigenvalue weighted by atomic mass is 9.93. The molecule has 9 heteroatoms. The number of benzene rings is 1. The Balaban J connectivity index is 1.70. The molecule has 4 atom stereocenters. The highest BCUT2D eigenvalue weighted by Crippen LogP contribution is 2.37. The minimum absolute atomic E-state index is 0.0783. The van der Waals surface area contributed by atoms with E-state index in [9.17, 15) is 19.5 Å². The summed E-state index contributed by atoms with van der Waals surface area (Å²) in [6, 6.07) is 8.98. The highest BCUT2D eigenvalue weighted by molar-refractivity contribution is 9.11. The third kappa shape index (κ3) is 6.09. The van der Waals surface area contributed by atoms with Crippen LogP contribution in [-0.2, 0) is 25.5 Å². The molecule has 1 aromatic carbocycles. The molecule has 33 heavy (non-hydrogen) atoms. The minimum Gasteiger partial charge on any atom is -0.447 e. The summed E-state index contributed by atoms with van der Waals surface area (Å²) in [6.07, 6.45) is 2.81. The number of rotatable bonds is 10. The zero-order chi connectivity index (χ0) is 24.0. The van der Waals surface area contributed by atoms with E-state index in [2.05, 4.69) is 15.9 Å². The molecule has 0 spiro atoms. The Morgan fingerprint density at radius 2 is 1.91 bits per heavy atom. The molecule has 3 rings (SSSR count). The van der Waals surface area contributed by atoms with E-state index in [1.165, 1.54) is 13.0 Å². The number of amides is 2. The topological polar surface area (TPSA) is 113 Å². The summed E-state index contributed by atoms with van der Waals surface area (Å²) >= 11 is 3.23. The van der Waals surface area contributed by atoms with Gasteiger partial charge in [-0.3, -0.25) is 9.59 Å². The summed E-state index contributed by atoms with van der Waals surface area (Å²) < 4.78 is 11.1. The second-order valence-electron chi connectivity index (χ2n) is 8.52. The Bertz CT molecular complexity index is 890. The van der Waals surface area contributed by atoms with Crippen molar-refractivity contribution in [3.05, 3.63) is 46.5 Å². The minimum atomic E-state index is -1.73. The molecule has 2 unspecified atom stereocenters. The van der Waals surface area contributed by atoms with Crippen molar-refractivity contribution >= 4 is 33.7 Å². The Labute approximate surface area is 201 Å². The van der Waals surface area contributed by atoms with Crippen molar-refractivity contribution in [2.24, 2.45) is 5.92 Å². The third-order valence-corrected chi connectivity index (χ3v) is 6.87. The van der Waals surface area contributed by atoms with E-state index in [1.54, 1.807) is 0 Å². The molecule has 8 nitrogen and oxygen atoms in total. The maximum atomic E-state index is 13.3. The molecular formula is C24H30BrNO7. The normalized spacial score (nSPS) is 26.2. The van der Waals surface area contributed by atoms with Gasteiger partial charge in [-0.2, -0.15) is 0 Å². The van der Waals surface area contributed by atoms with E-state index in [0.29, 0.717) is 19.3 Å². The lowest BCUT2D eigenvalue weighted by Gasteiger charge is -2.37. The van der Waals surface area contributed by atoms with Crippen molar-refractivity contribution < 1.29 is 34.1 Å². The van der Waals surface area contributed by atoms with Crippen LogP contribution in [0.1, 0.15) is 44.6 Å². The molecule has 1 saturated heterocycles. The van der Waals surface area contributed by atoms with Crippen LogP contribution < -0.4 is 0 Å². The molecule has 180 valence electrons. The number of halogens is 1. The number of hydrogen-bond donors (Lipinski definition) is 2. The number of ketones is 1. The molecule has 0 bridgehead atoms. The van der Waals surface area contributed by atoms with Crippen LogP contribution in [-0.4, -0.2) is 64.0 Å². The molecule has 2 aliphatic rings. The van der Waals surface area contributed by atoms with Gasteiger partial charge in [0.25, 0.3) is 0 Å². The van der Waals surface area contributed by atoms with Gasteiger partial charge >= 0.3 is 6.09 Å². The van der Waals surface area contributed by atoms with Gasteiger partial charge in [-0.25, -0.2) is 9.69 Å². The van der Waals surface area contributed by atoms with E-state index >= 15 is 0 Å². The lowest BCUT2D eigenvalue weighted by Crippen LogP contribution is -2.52. The number of hydrogen-bond acceptors (Lipinski definition) is 7. The number of carbonyl (C=O) groups excluding carboxylic acids is 3. The molecule has 2 N–H and O–H groups in total. The molecule has 2 heterocycles. The van der Waals surface area contributed by atoms with E-state index < -0.39 is 41.6 Å². The number of ether oxygens (including phenoxy) is 2. The zero-order valence-electron chi connectivity index (χ0n) is 18.6. The summed E-state index contributed by atoms with van der Waals surface area (Å²) in [5.74, 6) is -3.77. The van der Waals surface area contributed by atoms with Crippen molar-refractivity contribution in [1.29, 1.82) is 0 Å². The molecule has 0 aromatic heterocycles. The zero-order valence-corrected chi connectivity index (χ0v) is 20.2. The van der Waals surface area contributed by atoms with Crippen LogP contribution in [0.4, 0.5) is 4.79 Å². The molecule has 1 aromatic rings. The van der Waals surface area contributed by atoms with E-state index in [0.717, 1.165) is 23.3 Å². The lowest BCUT2D eigenvalue weighted by molar-refractivity contribution is -0.217. The average Bonchev–Trinajstić information content (AvgIpc) is 3.16. The Morgan fingerprint density at radius 3 is 2.61 bits per heavy atom. The molecule has 1 fully saturated rings. The van der Waals surface area contributed by atoms with Crippen LogP contribution in [0.5, 0.6) is 0 Å². The van der Waals surface area contributed by atoms with Crippen LogP contribution in [0, 0.1) is 5.92 Å². The first-order chi connectivity index (χ1) is 15.8. The van der Waals surface area contributed by atoms with Crippen LogP contribution >= 0.6 is 15.9 Å². The first-order valence-corrected chi connectivity index (χ1v) is 12.0. The fourth-order valence-electron chi connectivity index (χ4n) is 4.12. The second-order valence-corrected chi connectivity index (χ2v) is 9.38. The van der Waals surface area contributed by atoms with Crippen molar-refractivity contribution in [1.82, 2.24) is 4.90 Å². The van der Waals surface area contributed by atoms with Gasteiger partial charge < -0.3 is 19.7 Å². The van der Waals surface area contributed by atoms with Gasteiger partial charge in [0.2, 0.25) is 5.91 Å². The largest absolute Gasteiger partial charge is 0.447 e. The Kier molecular flexibility index (Phi) is 8.81. The number of cyclic esters (lactones) is 1. The fourth-order valence-corrected chi connectivity index (χ4v) is 4.63. The van der Waals surface area contributed by atoms with Crippen molar-refractivity contribution in [2.75, 3.05) is 13.2 Å². The second kappa shape index (κ2) is 11.4. The highest BCUT2D eigenvalue weighted by atomic mass is 79.9. The Morgan fingerprint density at radius 1 is 1.21 bits per heavy atom. The van der Waals surface area contributed by atoms with E-state index in [4.69, 9.17) is 14.6 Å². The number of aliphatic hydroxyl groups excluding tert-OH is 1. The van der Waals surface area contributed by atoms with Crippen LogP contribution in [0.15, 0.2) is 40.9 Å². The first-order valence-electron chi connectivity index (χ1n) is 11.2. The predicted molar refractivity (Wildman–Crippen MR) is 123 cm³/mol. The van der Waals surface area contributed by atoms with E-state index in [-0.39, 0.29) is 24.1 Å². The van der Waals surface area contributed by atoms with E-state index in [1.807, 2.05) is 30.3 Å². The average molecular weight is 524 g/mol. The van der Waals surface area contributed by atoms with Gasteiger partial charge in [0, 0.05) is 13.0 Å². The quantitative estimate of drug-likeness (QED) is 0.453. The maximum absolute atomic E-state index is 13.3. The summed E-state index contributed by atoms with van der Waals surface area (Å²) in [7, 11) is 0. The number of unbranched alkanes of at least 4 members (excludes halogenated alkanes) is 3. The van der Waals surface area contributed by atoms with Crippen LogP contribution in [0.25, 0.3) is 0 Å². The van der Waals surface area contributed by atoms with Gasteiger partial charge in [0.1, 0.15) is 12.7 Å². The Hall–Kier alpha value is -2.07. The van der Waals surface area contributed by atoms with Crippen molar-refractivity contribution in [3.8, 4) is 0 Å². The summed E-state index contributed by atoms with van der Waals surface area (Å²) in [5, 5.41) is 19.9. The first kappa shape index (κ1) is 25.6. The molecule has 0 saturated carbocycles. The van der Waals surface area contributed by atoms with Gasteiger partial charge in [0.15, 0.2) is 11.6 Å². The predicted octanol–water partition coefficient (Wildman–Crippen LogP) is 3.09. The third-order valence-electron chi connectivity index (χ3n) is 6.02. The number of aliphatic hydroxyl groups is 2. The maximum Gasteiger partial charge on any atom is 0.416 e. The monoisotopic (exact) mass is 523 g/mol. The molecule has 2 amide bonds. The summed E-state index contributed by atoms with van der Waals surface area (Å²) in [5.41, 5.74) is 0.957. The van der Waals surface area contributed by atoms with Gasteiger partial charge in [0.05, 0.1) is 16.4 Å². The molecule has 0 radical (unpaired) electrons. The van der Waals surface area contributed by atoms with Crippen LogP contribution in [0.2, 0.25) is 0 Å². The highest BCUT2D eigenvalue weighted by Gasteiger charge is 2.48. The molecular weight excluding hydrogens is 494 g/mol. The van der Waals surface area contributed by atoms with Crippen molar-refractivity contribution in [3.63, 3.8) is 0 Å². The number of imide groups is 1. The molecule has 2 aliphatic heterocycles. The van der Waals surface area contributed by atoms with Crippen molar-refractivity contribution in [2.45, 2.75) is 63.4 Å².